The lowest BCUT2D eigenvalue weighted by Crippen LogP contribution is -2.35. The summed E-state index contributed by atoms with van der Waals surface area (Å²) in [7, 11) is -4.03. The number of alkyl carbamates (subject to hydrolysis) is 1. The van der Waals surface area contributed by atoms with Gasteiger partial charge >= 0.3 is 6.09 Å². The molecule has 8 heteroatoms. The summed E-state index contributed by atoms with van der Waals surface area (Å²) < 4.78 is 35.7. The number of hydrogen-bond donors (Lipinski definition) is 2. The molecule has 0 aliphatic carbocycles. The predicted molar refractivity (Wildman–Crippen MR) is 89.2 cm³/mol. The molecule has 0 heterocycles. The van der Waals surface area contributed by atoms with E-state index in [1.165, 1.54) is 0 Å². The van der Waals surface area contributed by atoms with Crippen LogP contribution in [0, 0.1) is 0 Å². The molecule has 1 atom stereocenters. The topological polar surface area (TPSA) is 92.7 Å². The normalized spacial score (nSPS) is 13.4. The molecule has 0 aliphatic heterocycles. The summed E-state index contributed by atoms with van der Waals surface area (Å²) in [6, 6.07) is 6.42. The molecule has 6 nitrogen and oxygen atoms in total. The van der Waals surface area contributed by atoms with Crippen molar-refractivity contribution in [1.82, 2.24) is 5.32 Å². The number of amides is 1. The van der Waals surface area contributed by atoms with E-state index in [9.17, 15) is 13.2 Å². The molecule has 1 rings (SSSR count). The van der Waals surface area contributed by atoms with Crippen LogP contribution in [0.15, 0.2) is 24.3 Å². The predicted octanol–water partition coefficient (Wildman–Crippen LogP) is 3.57. The van der Waals surface area contributed by atoms with Gasteiger partial charge in [0.1, 0.15) is 5.60 Å². The van der Waals surface area contributed by atoms with Gasteiger partial charge < -0.3 is 10.1 Å². The lowest BCUT2D eigenvalue weighted by Gasteiger charge is -2.24. The van der Waals surface area contributed by atoms with Gasteiger partial charge in [0.2, 0.25) is 0 Å². The van der Waals surface area contributed by atoms with E-state index in [0.29, 0.717) is 11.4 Å². The van der Waals surface area contributed by atoms with Crippen molar-refractivity contribution in [2.75, 3.05) is 5.75 Å². The molecule has 0 fully saturated rings. The lowest BCUT2D eigenvalue weighted by atomic mass is 10.0. The Hall–Kier alpha value is -1.31. The number of carbonyl (C=O) groups excluding carboxylic acids is 1. The Morgan fingerprint density at radius 1 is 1.30 bits per heavy atom. The van der Waals surface area contributed by atoms with Crippen LogP contribution >= 0.6 is 11.6 Å². The van der Waals surface area contributed by atoms with E-state index in [-0.39, 0.29) is 12.2 Å². The fourth-order valence-corrected chi connectivity index (χ4v) is 2.59. The molecule has 1 aromatic carbocycles. The molecular formula is C15H22ClNO5S. The highest BCUT2D eigenvalue weighted by atomic mass is 35.5. The van der Waals surface area contributed by atoms with E-state index < -0.39 is 27.9 Å². The van der Waals surface area contributed by atoms with Crippen molar-refractivity contribution in [3.63, 3.8) is 0 Å². The zero-order chi connectivity index (χ0) is 17.7. The van der Waals surface area contributed by atoms with Crippen LogP contribution in [0.25, 0.3) is 0 Å². The molecule has 2 N–H and O–H groups in total. The number of carbonyl (C=O) groups is 1. The quantitative estimate of drug-likeness (QED) is 0.753. The van der Waals surface area contributed by atoms with Gasteiger partial charge in [-0.05, 0) is 51.3 Å². The third-order valence-corrected chi connectivity index (χ3v) is 3.91. The second-order valence-corrected chi connectivity index (χ2v) is 8.19. The minimum Gasteiger partial charge on any atom is -0.444 e. The SMILES string of the molecule is CC(C)(C)OC(=O)N[C@@H](CCCS(=O)(=O)O)c1ccc(Cl)cc1. The summed E-state index contributed by atoms with van der Waals surface area (Å²) in [6.45, 7) is 5.26. The summed E-state index contributed by atoms with van der Waals surface area (Å²) in [5.41, 5.74) is 0.138. The molecule has 0 saturated heterocycles. The zero-order valence-electron chi connectivity index (χ0n) is 13.4. The van der Waals surface area contributed by atoms with E-state index in [2.05, 4.69) is 5.32 Å². The van der Waals surface area contributed by atoms with Gasteiger partial charge in [-0.3, -0.25) is 4.55 Å². The van der Waals surface area contributed by atoms with Crippen LogP contribution < -0.4 is 5.32 Å². The first kappa shape index (κ1) is 19.7. The molecule has 1 amide bonds. The van der Waals surface area contributed by atoms with Crippen LogP contribution in [0.3, 0.4) is 0 Å². The maximum absolute atomic E-state index is 11.9. The van der Waals surface area contributed by atoms with Crippen LogP contribution in [-0.4, -0.2) is 30.4 Å². The summed E-state index contributed by atoms with van der Waals surface area (Å²) >= 11 is 5.85. The highest BCUT2D eigenvalue weighted by Gasteiger charge is 2.21. The lowest BCUT2D eigenvalue weighted by molar-refractivity contribution is 0.0501. The fraction of sp³-hybridized carbons (Fsp3) is 0.533. The van der Waals surface area contributed by atoms with Crippen LogP contribution in [0.5, 0.6) is 0 Å². The summed E-state index contributed by atoms with van der Waals surface area (Å²) in [6.07, 6.45) is -0.0629. The van der Waals surface area contributed by atoms with Crippen LogP contribution in [0.4, 0.5) is 4.79 Å². The molecule has 130 valence electrons. The molecule has 0 aromatic heterocycles. The number of rotatable bonds is 6. The number of benzene rings is 1. The van der Waals surface area contributed by atoms with Gasteiger partial charge in [0.15, 0.2) is 0 Å². The van der Waals surface area contributed by atoms with Gasteiger partial charge in [-0.1, -0.05) is 23.7 Å². The highest BCUT2D eigenvalue weighted by molar-refractivity contribution is 7.85. The zero-order valence-corrected chi connectivity index (χ0v) is 14.9. The van der Waals surface area contributed by atoms with E-state index >= 15 is 0 Å². The first-order valence-electron chi connectivity index (χ1n) is 7.16. The number of hydrogen-bond acceptors (Lipinski definition) is 4. The van der Waals surface area contributed by atoms with Crippen molar-refractivity contribution in [2.24, 2.45) is 0 Å². The Labute approximate surface area is 141 Å². The molecule has 0 saturated carbocycles. The van der Waals surface area contributed by atoms with E-state index in [4.69, 9.17) is 20.9 Å². The standard InChI is InChI=1S/C15H22ClNO5S/c1-15(2,3)22-14(18)17-13(5-4-10-23(19,20)21)11-6-8-12(16)9-7-11/h6-9,13H,4-5,10H2,1-3H3,(H,17,18)(H,19,20,21)/t13-/m0/s1. The Kier molecular flexibility index (Phi) is 6.85. The molecule has 23 heavy (non-hydrogen) atoms. The molecule has 0 radical (unpaired) electrons. The molecular weight excluding hydrogens is 342 g/mol. The van der Waals surface area contributed by atoms with Crippen LogP contribution in [0.1, 0.15) is 45.2 Å². The number of ether oxygens (including phenoxy) is 1. The Morgan fingerprint density at radius 2 is 1.87 bits per heavy atom. The van der Waals surface area contributed by atoms with Gasteiger partial charge in [-0.25, -0.2) is 4.79 Å². The third-order valence-electron chi connectivity index (χ3n) is 2.86. The Bertz CT molecular complexity index is 622. The maximum atomic E-state index is 11.9. The van der Waals surface area contributed by atoms with Crippen molar-refractivity contribution in [2.45, 2.75) is 45.3 Å². The molecule has 0 unspecified atom stereocenters. The largest absolute Gasteiger partial charge is 0.444 e. The average Bonchev–Trinajstić information content (AvgIpc) is 2.34. The summed E-state index contributed by atoms with van der Waals surface area (Å²) in [5, 5.41) is 3.27. The van der Waals surface area contributed by atoms with Gasteiger partial charge in [0, 0.05) is 5.02 Å². The highest BCUT2D eigenvalue weighted by Crippen LogP contribution is 2.22. The van der Waals surface area contributed by atoms with Crippen LogP contribution in [0.2, 0.25) is 5.02 Å². The summed E-state index contributed by atoms with van der Waals surface area (Å²) in [5.74, 6) is -0.368. The third kappa shape index (κ3) is 8.78. The number of halogens is 1. The Balaban J connectivity index is 2.79. The molecule has 0 spiro atoms. The minimum atomic E-state index is -4.03. The van der Waals surface area contributed by atoms with Crippen molar-refractivity contribution in [3.05, 3.63) is 34.9 Å². The fourth-order valence-electron chi connectivity index (χ4n) is 1.94. The smallest absolute Gasteiger partial charge is 0.408 e. The second kappa shape index (κ2) is 7.99. The van der Waals surface area contributed by atoms with Crippen molar-refractivity contribution in [1.29, 1.82) is 0 Å². The molecule has 0 bridgehead atoms. The molecule has 0 aliphatic rings. The van der Waals surface area contributed by atoms with E-state index in [0.717, 1.165) is 5.56 Å². The van der Waals surface area contributed by atoms with Crippen molar-refractivity contribution < 1.29 is 22.5 Å². The first-order chi connectivity index (χ1) is 10.5. The van der Waals surface area contributed by atoms with Crippen molar-refractivity contribution in [3.8, 4) is 0 Å². The first-order valence-corrected chi connectivity index (χ1v) is 9.15. The number of nitrogens with one attached hydrogen (secondary N) is 1. The average molecular weight is 364 g/mol. The van der Waals surface area contributed by atoms with Gasteiger partial charge in [0.25, 0.3) is 10.1 Å². The monoisotopic (exact) mass is 363 g/mol. The minimum absolute atomic E-state index is 0.196. The summed E-state index contributed by atoms with van der Waals surface area (Å²) in [4.78, 5) is 11.9. The van der Waals surface area contributed by atoms with Crippen LogP contribution in [-0.2, 0) is 14.9 Å². The van der Waals surface area contributed by atoms with Gasteiger partial charge in [-0.2, -0.15) is 8.42 Å². The van der Waals surface area contributed by atoms with E-state index in [1.807, 2.05) is 0 Å². The van der Waals surface area contributed by atoms with Gasteiger partial charge in [0.05, 0.1) is 11.8 Å². The maximum Gasteiger partial charge on any atom is 0.408 e. The second-order valence-electron chi connectivity index (χ2n) is 6.18. The van der Waals surface area contributed by atoms with E-state index in [1.54, 1.807) is 45.0 Å². The van der Waals surface area contributed by atoms with Crippen molar-refractivity contribution >= 4 is 27.8 Å². The Morgan fingerprint density at radius 3 is 2.35 bits per heavy atom. The van der Waals surface area contributed by atoms with Gasteiger partial charge in [-0.15, -0.1) is 0 Å². The molecule has 1 aromatic rings.